The van der Waals surface area contributed by atoms with Gasteiger partial charge in [0, 0.05) is 6.54 Å². The summed E-state index contributed by atoms with van der Waals surface area (Å²) in [5.74, 6) is -0.846. The molecule has 1 aliphatic rings. The van der Waals surface area contributed by atoms with Gasteiger partial charge in [0.1, 0.15) is 0 Å². The smallest absolute Gasteiger partial charge is 0.335 e. The van der Waals surface area contributed by atoms with E-state index in [1.54, 1.807) is 12.1 Å². The summed E-state index contributed by atoms with van der Waals surface area (Å²) in [6.07, 6.45) is 0.927. The Morgan fingerprint density at radius 3 is 2.73 bits per heavy atom. The van der Waals surface area contributed by atoms with Crippen LogP contribution in [0.2, 0.25) is 0 Å². The van der Waals surface area contributed by atoms with Crippen LogP contribution in [0.25, 0.3) is 0 Å². The summed E-state index contributed by atoms with van der Waals surface area (Å²) >= 11 is 0. The number of benzene rings is 1. The zero-order chi connectivity index (χ0) is 9.26. The van der Waals surface area contributed by atoms with Gasteiger partial charge in [-0.15, -0.1) is 12.4 Å². The fourth-order valence-electron chi connectivity index (χ4n) is 1.61. The van der Waals surface area contributed by atoms with Crippen LogP contribution < -0.4 is 5.32 Å². The number of hydrogen-bond donors (Lipinski definition) is 2. The highest BCUT2D eigenvalue weighted by Crippen LogP contribution is 2.15. The van der Waals surface area contributed by atoms with Gasteiger partial charge in [-0.3, -0.25) is 0 Å². The molecule has 84 valence electrons. The van der Waals surface area contributed by atoms with Gasteiger partial charge in [0.25, 0.3) is 0 Å². The van der Waals surface area contributed by atoms with Crippen LogP contribution in [0.3, 0.4) is 0 Å². The lowest BCUT2D eigenvalue weighted by Crippen LogP contribution is -2.23. The van der Waals surface area contributed by atoms with Crippen molar-refractivity contribution >= 4 is 18.4 Å². The van der Waals surface area contributed by atoms with Crippen molar-refractivity contribution in [2.75, 3.05) is 6.54 Å². The molecular weight excluding hydrogens is 218 g/mol. The quantitative estimate of drug-likeness (QED) is 0.744. The Hall–Kier alpha value is -1.10. The fraction of sp³-hybridized carbons (Fsp3) is 0.300. The molecule has 0 bridgehead atoms. The third kappa shape index (κ3) is 2.92. The second kappa shape index (κ2) is 5.70. The summed E-state index contributed by atoms with van der Waals surface area (Å²) in [7, 11) is 0. The maximum atomic E-state index is 10.7. The number of hydrogen-bond acceptors (Lipinski definition) is 2. The van der Waals surface area contributed by atoms with E-state index < -0.39 is 5.97 Å². The van der Waals surface area contributed by atoms with E-state index in [0.717, 1.165) is 19.5 Å². The van der Waals surface area contributed by atoms with Gasteiger partial charge in [0.2, 0.25) is 0 Å². The molecule has 0 fully saturated rings. The Bertz CT molecular complexity index is 355. The van der Waals surface area contributed by atoms with Crippen molar-refractivity contribution in [3.63, 3.8) is 0 Å². The Morgan fingerprint density at radius 2 is 2.07 bits per heavy atom. The van der Waals surface area contributed by atoms with Crippen LogP contribution in [0.15, 0.2) is 18.2 Å². The maximum absolute atomic E-state index is 10.7. The summed E-state index contributed by atoms with van der Waals surface area (Å²) in [6.45, 7) is 1.80. The Kier molecular flexibility index (Phi) is 5.28. The topological polar surface area (TPSA) is 80.8 Å². The average Bonchev–Trinajstić information content (AvgIpc) is 2.17. The zero-order valence-corrected chi connectivity index (χ0v) is 8.93. The van der Waals surface area contributed by atoms with Gasteiger partial charge in [0.05, 0.1) is 5.56 Å². The summed E-state index contributed by atoms with van der Waals surface area (Å²) in [5, 5.41) is 12.0. The van der Waals surface area contributed by atoms with Crippen LogP contribution >= 0.6 is 12.4 Å². The first-order valence-corrected chi connectivity index (χ1v) is 4.33. The first-order chi connectivity index (χ1) is 6.27. The zero-order valence-electron chi connectivity index (χ0n) is 8.12. The molecule has 0 radical (unpaired) electrons. The number of halogens is 1. The molecule has 1 aromatic carbocycles. The van der Waals surface area contributed by atoms with Crippen molar-refractivity contribution in [3.8, 4) is 0 Å². The van der Waals surface area contributed by atoms with Gasteiger partial charge in [-0.05, 0) is 36.2 Å². The first kappa shape index (κ1) is 13.9. The molecule has 0 amide bonds. The van der Waals surface area contributed by atoms with Gasteiger partial charge < -0.3 is 15.9 Å². The second-order valence-electron chi connectivity index (χ2n) is 3.22. The number of fused-ring (bicyclic) bond motifs is 1. The number of rotatable bonds is 1. The molecule has 2 rings (SSSR count). The van der Waals surface area contributed by atoms with Crippen LogP contribution in [0.4, 0.5) is 0 Å². The lowest BCUT2D eigenvalue weighted by atomic mass is 9.98. The largest absolute Gasteiger partial charge is 0.478 e. The van der Waals surface area contributed by atoms with Crippen LogP contribution in [0.5, 0.6) is 0 Å². The normalized spacial score (nSPS) is 13.1. The highest BCUT2D eigenvalue weighted by molar-refractivity contribution is 5.87. The van der Waals surface area contributed by atoms with E-state index in [9.17, 15) is 4.79 Å². The molecule has 15 heavy (non-hydrogen) atoms. The molecule has 0 aromatic heterocycles. The molecule has 0 saturated heterocycles. The van der Waals surface area contributed by atoms with Crippen molar-refractivity contribution < 1.29 is 15.4 Å². The summed E-state index contributed by atoms with van der Waals surface area (Å²) < 4.78 is 0. The third-order valence-corrected chi connectivity index (χ3v) is 2.34. The highest BCUT2D eigenvalue weighted by Gasteiger charge is 2.10. The Labute approximate surface area is 94.0 Å². The molecule has 1 aliphatic heterocycles. The van der Waals surface area contributed by atoms with Crippen LogP contribution in [0.1, 0.15) is 21.5 Å². The minimum Gasteiger partial charge on any atom is -0.478 e. The van der Waals surface area contributed by atoms with E-state index in [1.807, 2.05) is 6.07 Å². The monoisotopic (exact) mass is 231 g/mol. The molecule has 0 unspecified atom stereocenters. The Balaban J connectivity index is 0.000000980. The van der Waals surface area contributed by atoms with Crippen molar-refractivity contribution in [1.82, 2.24) is 5.32 Å². The van der Waals surface area contributed by atoms with E-state index in [1.165, 1.54) is 11.1 Å². The van der Waals surface area contributed by atoms with E-state index in [0.29, 0.717) is 5.56 Å². The van der Waals surface area contributed by atoms with Crippen molar-refractivity contribution in [3.05, 3.63) is 34.9 Å². The van der Waals surface area contributed by atoms with Gasteiger partial charge in [0.15, 0.2) is 0 Å². The molecule has 0 saturated carbocycles. The van der Waals surface area contributed by atoms with E-state index in [2.05, 4.69) is 5.32 Å². The van der Waals surface area contributed by atoms with Gasteiger partial charge in [-0.1, -0.05) is 6.07 Å². The standard InChI is InChI=1S/C10H11NO2.ClH.H2O/c12-10(13)8-1-2-9-6-11-4-3-7(9)5-8;;/h1-2,5,11H,3-4,6H2,(H,12,13);1H;1H2. The molecular formula is C10H14ClNO3. The molecule has 0 atom stereocenters. The number of carboxylic acid groups (broad SMARTS) is 1. The highest BCUT2D eigenvalue weighted by atomic mass is 35.5. The molecule has 0 spiro atoms. The second-order valence-corrected chi connectivity index (χ2v) is 3.22. The van der Waals surface area contributed by atoms with Crippen molar-refractivity contribution in [1.29, 1.82) is 0 Å². The van der Waals surface area contributed by atoms with Crippen LogP contribution in [-0.4, -0.2) is 23.1 Å². The van der Waals surface area contributed by atoms with Gasteiger partial charge in [-0.25, -0.2) is 4.79 Å². The predicted molar refractivity (Wildman–Crippen MR) is 59.7 cm³/mol. The van der Waals surface area contributed by atoms with Gasteiger partial charge >= 0.3 is 5.97 Å². The third-order valence-electron chi connectivity index (χ3n) is 2.34. The van der Waals surface area contributed by atoms with Gasteiger partial charge in [-0.2, -0.15) is 0 Å². The lowest BCUT2D eigenvalue weighted by molar-refractivity contribution is 0.0696. The summed E-state index contributed by atoms with van der Waals surface area (Å²) in [6, 6.07) is 5.33. The molecule has 1 aromatic rings. The summed E-state index contributed by atoms with van der Waals surface area (Å²) in [4.78, 5) is 10.7. The van der Waals surface area contributed by atoms with Crippen LogP contribution in [-0.2, 0) is 13.0 Å². The average molecular weight is 232 g/mol. The fourth-order valence-corrected chi connectivity index (χ4v) is 1.61. The van der Waals surface area contributed by atoms with E-state index in [-0.39, 0.29) is 17.9 Å². The number of carbonyl (C=O) groups is 1. The molecule has 0 aliphatic carbocycles. The molecule has 4 N–H and O–H groups in total. The molecule has 5 heteroatoms. The first-order valence-electron chi connectivity index (χ1n) is 4.33. The van der Waals surface area contributed by atoms with E-state index in [4.69, 9.17) is 5.11 Å². The lowest BCUT2D eigenvalue weighted by Gasteiger charge is -2.16. The molecule has 1 heterocycles. The minimum atomic E-state index is -0.846. The predicted octanol–water partition coefficient (Wildman–Crippen LogP) is 0.628. The Morgan fingerprint density at radius 1 is 1.33 bits per heavy atom. The number of aromatic carboxylic acids is 1. The number of nitrogens with one attached hydrogen (secondary N) is 1. The summed E-state index contributed by atoms with van der Waals surface area (Å²) in [5.41, 5.74) is 2.77. The molecule has 4 nitrogen and oxygen atoms in total. The van der Waals surface area contributed by atoms with Crippen molar-refractivity contribution in [2.45, 2.75) is 13.0 Å². The number of carboxylic acids is 1. The minimum absolute atomic E-state index is 0. The van der Waals surface area contributed by atoms with Crippen LogP contribution in [0, 0.1) is 0 Å². The SMILES string of the molecule is Cl.O.O=C(O)c1ccc2c(c1)CCNC2. The van der Waals surface area contributed by atoms with E-state index >= 15 is 0 Å². The van der Waals surface area contributed by atoms with Crippen molar-refractivity contribution in [2.24, 2.45) is 0 Å². The maximum Gasteiger partial charge on any atom is 0.335 e.